The molecule has 0 radical (unpaired) electrons. The fourth-order valence-electron chi connectivity index (χ4n) is 7.06. The van der Waals surface area contributed by atoms with Crippen molar-refractivity contribution in [2.75, 3.05) is 40.3 Å². The molecule has 2 saturated carbocycles. The van der Waals surface area contributed by atoms with Crippen LogP contribution in [0.4, 0.5) is 0 Å². The summed E-state index contributed by atoms with van der Waals surface area (Å²) in [6.45, 7) is 6.57. The summed E-state index contributed by atoms with van der Waals surface area (Å²) >= 11 is 0. The molecule has 0 aromatic carbocycles. The summed E-state index contributed by atoms with van der Waals surface area (Å²) in [6.07, 6.45) is 8.49. The van der Waals surface area contributed by atoms with Gasteiger partial charge in [0.1, 0.15) is 6.10 Å². The number of nitrogens with zero attached hydrogens (tertiary/aromatic N) is 2. The number of epoxide rings is 1. The van der Waals surface area contributed by atoms with Gasteiger partial charge in [-0.3, -0.25) is 4.79 Å². The lowest BCUT2D eigenvalue weighted by Crippen LogP contribution is -2.51. The van der Waals surface area contributed by atoms with Crippen molar-refractivity contribution in [3.63, 3.8) is 0 Å². The van der Waals surface area contributed by atoms with Crippen molar-refractivity contribution in [3.05, 3.63) is 0 Å². The van der Waals surface area contributed by atoms with E-state index in [1.54, 1.807) is 0 Å². The minimum Gasteiger partial charge on any atom is -0.462 e. The van der Waals surface area contributed by atoms with E-state index >= 15 is 0 Å². The number of hydrogen-bond donors (Lipinski definition) is 0. The van der Waals surface area contributed by atoms with Crippen molar-refractivity contribution in [1.82, 2.24) is 9.80 Å². The number of carbonyl (C=O) groups excluding carboxylic acids is 1. The zero-order valence-corrected chi connectivity index (χ0v) is 17.3. The molecule has 1 unspecified atom stereocenters. The Hall–Kier alpha value is -0.650. The molecule has 5 fully saturated rings. The van der Waals surface area contributed by atoms with Crippen molar-refractivity contribution >= 4 is 5.97 Å². The van der Waals surface area contributed by atoms with Crippen LogP contribution in [0.1, 0.15) is 51.9 Å². The van der Waals surface area contributed by atoms with Crippen molar-refractivity contribution < 1.29 is 14.3 Å². The molecule has 3 saturated heterocycles. The standard InChI is InChI=1S/C22H36N2O3/c1-21-7-4-8-22(14-26-22)19(21)11-16-17(20(25)27-18(16)12-21)13-24(3)15-5-9-23(2)10-6-15/h15-19H,4-14H2,1-3H3/t16-,17?,18-,19-,21-,22+/m1/s1. The summed E-state index contributed by atoms with van der Waals surface area (Å²) in [6, 6.07) is 0.606. The van der Waals surface area contributed by atoms with Gasteiger partial charge in [-0.2, -0.15) is 0 Å². The van der Waals surface area contributed by atoms with Crippen LogP contribution in [0.25, 0.3) is 0 Å². The van der Waals surface area contributed by atoms with E-state index in [1.165, 1.54) is 32.1 Å². The van der Waals surface area contributed by atoms with Crippen LogP contribution < -0.4 is 0 Å². The zero-order chi connectivity index (χ0) is 18.8. The molecule has 0 aromatic heterocycles. The van der Waals surface area contributed by atoms with E-state index in [-0.39, 0.29) is 23.6 Å². The van der Waals surface area contributed by atoms with Crippen molar-refractivity contribution in [2.45, 2.75) is 69.6 Å². The monoisotopic (exact) mass is 376 g/mol. The predicted molar refractivity (Wildman–Crippen MR) is 103 cm³/mol. The minimum atomic E-state index is 0.0573. The molecule has 152 valence electrons. The third-order valence-corrected chi connectivity index (χ3v) is 8.88. The Morgan fingerprint density at radius 3 is 2.70 bits per heavy atom. The van der Waals surface area contributed by atoms with Crippen LogP contribution in [0.15, 0.2) is 0 Å². The molecule has 0 aromatic rings. The van der Waals surface area contributed by atoms with Gasteiger partial charge in [0.15, 0.2) is 0 Å². The summed E-state index contributed by atoms with van der Waals surface area (Å²) in [5.41, 5.74) is 0.443. The molecule has 3 heterocycles. The first-order chi connectivity index (χ1) is 12.9. The van der Waals surface area contributed by atoms with Gasteiger partial charge in [-0.1, -0.05) is 6.92 Å². The largest absolute Gasteiger partial charge is 0.462 e. The number of piperidine rings is 1. The number of hydrogen-bond acceptors (Lipinski definition) is 5. The van der Waals surface area contributed by atoms with Crippen molar-refractivity contribution in [3.8, 4) is 0 Å². The third-order valence-electron chi connectivity index (χ3n) is 8.88. The highest BCUT2D eigenvalue weighted by atomic mass is 16.6. The van der Waals surface area contributed by atoms with Crippen LogP contribution in [-0.4, -0.2) is 73.9 Å². The van der Waals surface area contributed by atoms with Crippen LogP contribution in [0, 0.1) is 23.2 Å². The molecule has 6 atom stereocenters. The Morgan fingerprint density at radius 1 is 1.26 bits per heavy atom. The Balaban J connectivity index is 1.30. The number of rotatable bonds is 3. The quantitative estimate of drug-likeness (QED) is 0.559. The topological polar surface area (TPSA) is 45.3 Å². The van der Waals surface area contributed by atoms with E-state index in [2.05, 4.69) is 30.8 Å². The van der Waals surface area contributed by atoms with Crippen molar-refractivity contribution in [1.29, 1.82) is 0 Å². The second-order valence-electron chi connectivity index (χ2n) is 10.6. The maximum atomic E-state index is 12.8. The molecular formula is C22H36N2O3. The molecule has 27 heavy (non-hydrogen) atoms. The number of carbonyl (C=O) groups is 1. The summed E-state index contributed by atoms with van der Waals surface area (Å²) in [7, 11) is 4.42. The van der Waals surface area contributed by atoms with Gasteiger partial charge in [0.2, 0.25) is 0 Å². The third kappa shape index (κ3) is 3.05. The average molecular weight is 377 g/mol. The van der Waals surface area contributed by atoms with Gasteiger partial charge < -0.3 is 19.3 Å². The highest BCUT2D eigenvalue weighted by molar-refractivity contribution is 5.75. The number of fused-ring (bicyclic) bond motifs is 3. The first-order valence-electron chi connectivity index (χ1n) is 11.1. The van der Waals surface area contributed by atoms with E-state index in [4.69, 9.17) is 9.47 Å². The maximum Gasteiger partial charge on any atom is 0.310 e. The van der Waals surface area contributed by atoms with E-state index in [9.17, 15) is 4.79 Å². The minimum absolute atomic E-state index is 0.0573. The maximum absolute atomic E-state index is 12.8. The molecule has 3 aliphatic heterocycles. The van der Waals surface area contributed by atoms with Gasteiger partial charge in [0.05, 0.1) is 18.1 Å². The fraction of sp³-hybridized carbons (Fsp3) is 0.955. The lowest BCUT2D eigenvalue weighted by atomic mass is 9.53. The van der Waals surface area contributed by atoms with Gasteiger partial charge in [-0.15, -0.1) is 0 Å². The van der Waals surface area contributed by atoms with Crippen LogP contribution in [0.2, 0.25) is 0 Å². The Kier molecular flexibility index (Phi) is 4.38. The average Bonchev–Trinajstić information content (AvgIpc) is 3.33. The second-order valence-corrected chi connectivity index (χ2v) is 10.6. The Labute approximate surface area is 163 Å². The predicted octanol–water partition coefficient (Wildman–Crippen LogP) is 2.54. The van der Waals surface area contributed by atoms with Crippen molar-refractivity contribution in [2.24, 2.45) is 23.2 Å². The molecular weight excluding hydrogens is 340 g/mol. The first-order valence-corrected chi connectivity index (χ1v) is 11.1. The summed E-state index contributed by atoms with van der Waals surface area (Å²) in [5, 5.41) is 0. The van der Waals surface area contributed by atoms with Crippen LogP contribution in [0.3, 0.4) is 0 Å². The van der Waals surface area contributed by atoms with E-state index in [1.807, 2.05) is 0 Å². The van der Waals surface area contributed by atoms with Gasteiger partial charge in [-0.25, -0.2) is 0 Å². The highest BCUT2D eigenvalue weighted by Gasteiger charge is 2.65. The SMILES string of the molecule is CN1CCC(N(C)CC2C(=O)O[C@@H]3C[C@@]4(C)CCC[C@]5(CO5)[C@@H]4C[C@H]23)CC1. The highest BCUT2D eigenvalue weighted by Crippen LogP contribution is 2.62. The van der Waals surface area contributed by atoms with Gasteiger partial charge in [-0.05, 0) is 83.5 Å². The second kappa shape index (κ2) is 6.43. The molecule has 5 rings (SSSR count). The number of likely N-dealkylation sites (tertiary alicyclic amines) is 1. The number of esters is 1. The Morgan fingerprint density at radius 2 is 2.00 bits per heavy atom. The molecule has 0 N–H and O–H groups in total. The zero-order valence-electron chi connectivity index (χ0n) is 17.3. The Bertz CT molecular complexity index is 598. The first kappa shape index (κ1) is 18.4. The molecule has 0 amide bonds. The molecule has 5 aliphatic rings. The van der Waals surface area contributed by atoms with Crippen LogP contribution in [-0.2, 0) is 14.3 Å². The molecule has 1 spiro atoms. The van der Waals surface area contributed by atoms with Gasteiger partial charge in [0.25, 0.3) is 0 Å². The van der Waals surface area contributed by atoms with E-state index < -0.39 is 0 Å². The van der Waals surface area contributed by atoms with E-state index in [0.717, 1.165) is 39.1 Å². The smallest absolute Gasteiger partial charge is 0.310 e. The lowest BCUT2D eigenvalue weighted by Gasteiger charge is -2.51. The molecule has 5 heteroatoms. The molecule has 2 aliphatic carbocycles. The van der Waals surface area contributed by atoms with Gasteiger partial charge in [0, 0.05) is 18.5 Å². The van der Waals surface area contributed by atoms with E-state index in [0.29, 0.717) is 23.3 Å². The summed E-state index contributed by atoms with van der Waals surface area (Å²) in [4.78, 5) is 17.7. The fourth-order valence-corrected chi connectivity index (χ4v) is 7.06. The van der Waals surface area contributed by atoms with Crippen LogP contribution in [0.5, 0.6) is 0 Å². The summed E-state index contributed by atoms with van der Waals surface area (Å²) < 4.78 is 12.0. The van der Waals surface area contributed by atoms with Crippen LogP contribution >= 0.6 is 0 Å². The molecule has 0 bridgehead atoms. The normalized spacial score (nSPS) is 47.8. The van der Waals surface area contributed by atoms with Gasteiger partial charge >= 0.3 is 5.97 Å². The summed E-state index contributed by atoms with van der Waals surface area (Å²) in [5.74, 6) is 1.13. The number of ether oxygens (including phenoxy) is 2. The lowest BCUT2D eigenvalue weighted by molar-refractivity contribution is -0.147. The molecule has 5 nitrogen and oxygen atoms in total.